The van der Waals surface area contributed by atoms with Gasteiger partial charge in [-0.2, -0.15) is 0 Å². The summed E-state index contributed by atoms with van der Waals surface area (Å²) >= 11 is 0. The molecule has 148 valence electrons. The molecule has 5 heteroatoms. The molecule has 4 saturated carbocycles. The van der Waals surface area contributed by atoms with Crippen LogP contribution in [-0.2, 0) is 9.53 Å². The van der Waals surface area contributed by atoms with Crippen molar-refractivity contribution in [2.24, 2.45) is 23.5 Å². The van der Waals surface area contributed by atoms with E-state index in [9.17, 15) is 9.59 Å². The van der Waals surface area contributed by atoms with Gasteiger partial charge in [0.1, 0.15) is 0 Å². The third-order valence-corrected chi connectivity index (χ3v) is 6.91. The molecule has 2 N–H and O–H groups in total. The van der Waals surface area contributed by atoms with Gasteiger partial charge in [-0.3, -0.25) is 4.79 Å². The Morgan fingerprint density at radius 2 is 1.50 bits per heavy atom. The zero-order chi connectivity index (χ0) is 18.6. The van der Waals surface area contributed by atoms with Gasteiger partial charge >= 0.3 is 12.0 Å². The number of hydrogen-bond donors (Lipinski definition) is 1. The number of ether oxygens (including phenoxy) is 1. The maximum atomic E-state index is 12.2. The zero-order valence-electron chi connectivity index (χ0n) is 16.4. The van der Waals surface area contributed by atoms with E-state index in [2.05, 4.69) is 4.90 Å². The lowest BCUT2D eigenvalue weighted by Gasteiger charge is -2.60. The van der Waals surface area contributed by atoms with Crippen molar-refractivity contribution in [1.29, 1.82) is 0 Å². The van der Waals surface area contributed by atoms with Crippen molar-refractivity contribution in [3.05, 3.63) is 0 Å². The fourth-order valence-electron chi connectivity index (χ4n) is 6.28. The first-order chi connectivity index (χ1) is 12.5. The molecule has 0 aromatic heterocycles. The van der Waals surface area contributed by atoms with Gasteiger partial charge < -0.3 is 15.4 Å². The van der Waals surface area contributed by atoms with E-state index in [1.165, 1.54) is 38.5 Å². The highest BCUT2D eigenvalue weighted by molar-refractivity contribution is 5.73. The van der Waals surface area contributed by atoms with Crippen LogP contribution in [0.4, 0.5) is 4.79 Å². The summed E-state index contributed by atoms with van der Waals surface area (Å²) in [7, 11) is 0. The van der Waals surface area contributed by atoms with Crippen LogP contribution < -0.4 is 5.73 Å². The van der Waals surface area contributed by atoms with Crippen LogP contribution in [0.2, 0.25) is 0 Å². The number of nitrogens with zero attached hydrogens (tertiary/aromatic N) is 1. The van der Waals surface area contributed by atoms with Gasteiger partial charge in [0.2, 0.25) is 0 Å². The van der Waals surface area contributed by atoms with Crippen molar-refractivity contribution in [1.82, 2.24) is 4.90 Å². The van der Waals surface area contributed by atoms with Crippen LogP contribution in [0.15, 0.2) is 0 Å². The molecular formula is C21H36N2O3. The molecule has 0 atom stereocenters. The number of carbonyl (C=O) groups is 2. The summed E-state index contributed by atoms with van der Waals surface area (Å²) in [6.45, 7) is 3.11. The van der Waals surface area contributed by atoms with Gasteiger partial charge in [-0.05, 0) is 76.0 Å². The van der Waals surface area contributed by atoms with Crippen molar-refractivity contribution in [3.63, 3.8) is 0 Å². The van der Waals surface area contributed by atoms with E-state index in [1.54, 1.807) is 0 Å². The molecule has 2 amide bonds. The molecule has 4 fully saturated rings. The number of amides is 2. The SMILES string of the molecule is CCOC(=O)CCCCCCCN(C(N)=O)C12CC3CC(CC(C3)C1)C2. The van der Waals surface area contributed by atoms with E-state index >= 15 is 0 Å². The minimum absolute atomic E-state index is 0.0739. The fraction of sp³-hybridized carbons (Fsp3) is 0.905. The van der Waals surface area contributed by atoms with E-state index < -0.39 is 0 Å². The Kier molecular flexibility index (Phi) is 6.46. The number of hydrogen-bond acceptors (Lipinski definition) is 3. The van der Waals surface area contributed by atoms with Gasteiger partial charge in [0.15, 0.2) is 0 Å². The second kappa shape index (κ2) is 8.62. The van der Waals surface area contributed by atoms with E-state index in [1.807, 2.05) is 6.92 Å². The van der Waals surface area contributed by atoms with Crippen LogP contribution in [0.1, 0.15) is 84.0 Å². The molecule has 0 aliphatic heterocycles. The zero-order valence-corrected chi connectivity index (χ0v) is 16.4. The van der Waals surface area contributed by atoms with Gasteiger partial charge in [0.25, 0.3) is 0 Å². The Morgan fingerprint density at radius 1 is 0.962 bits per heavy atom. The molecule has 0 heterocycles. The first-order valence-corrected chi connectivity index (χ1v) is 10.7. The molecule has 0 radical (unpaired) electrons. The molecule has 4 aliphatic carbocycles. The number of primary amides is 1. The van der Waals surface area contributed by atoms with Gasteiger partial charge in [-0.15, -0.1) is 0 Å². The Bertz CT molecular complexity index is 470. The molecule has 4 aliphatic rings. The van der Waals surface area contributed by atoms with E-state index in [0.717, 1.165) is 56.4 Å². The maximum Gasteiger partial charge on any atom is 0.315 e. The first-order valence-electron chi connectivity index (χ1n) is 10.7. The highest BCUT2D eigenvalue weighted by Gasteiger charge is 2.54. The largest absolute Gasteiger partial charge is 0.466 e. The Morgan fingerprint density at radius 3 is 2.04 bits per heavy atom. The summed E-state index contributed by atoms with van der Waals surface area (Å²) in [5, 5.41) is 0. The van der Waals surface area contributed by atoms with Gasteiger partial charge in [-0.25, -0.2) is 4.79 Å². The van der Waals surface area contributed by atoms with Crippen molar-refractivity contribution in [2.45, 2.75) is 89.5 Å². The summed E-state index contributed by atoms with van der Waals surface area (Å²) in [6.07, 6.45) is 13.4. The Hall–Kier alpha value is -1.26. The molecule has 4 rings (SSSR count). The van der Waals surface area contributed by atoms with Gasteiger partial charge in [-0.1, -0.05) is 19.3 Å². The fourth-order valence-corrected chi connectivity index (χ4v) is 6.28. The van der Waals surface area contributed by atoms with Crippen molar-refractivity contribution in [3.8, 4) is 0 Å². The number of nitrogens with two attached hydrogens (primary N) is 1. The lowest BCUT2D eigenvalue weighted by atomic mass is 9.52. The molecule has 0 aromatic carbocycles. The van der Waals surface area contributed by atoms with E-state index in [0.29, 0.717) is 13.0 Å². The topological polar surface area (TPSA) is 72.6 Å². The van der Waals surface area contributed by atoms with Crippen molar-refractivity contribution in [2.75, 3.05) is 13.2 Å². The normalized spacial score (nSPS) is 31.8. The summed E-state index contributed by atoms with van der Waals surface area (Å²) < 4.78 is 4.95. The number of carbonyl (C=O) groups excluding carboxylic acids is 2. The standard InChI is InChI=1S/C21H36N2O3/c1-2-26-19(24)8-6-4-3-5-7-9-23(20(22)25)21-13-16-10-17(14-21)12-18(11-16)15-21/h16-18H,2-15H2,1H3,(H2,22,25). The molecule has 0 spiro atoms. The van der Waals surface area contributed by atoms with Gasteiger partial charge in [0, 0.05) is 18.5 Å². The number of esters is 1. The second-order valence-corrected chi connectivity index (χ2v) is 8.95. The lowest BCUT2D eigenvalue weighted by molar-refractivity contribution is -0.143. The summed E-state index contributed by atoms with van der Waals surface area (Å²) in [5.41, 5.74) is 5.89. The third-order valence-electron chi connectivity index (χ3n) is 6.91. The molecule has 4 bridgehead atoms. The predicted molar refractivity (Wildman–Crippen MR) is 102 cm³/mol. The molecular weight excluding hydrogens is 328 g/mol. The molecule has 5 nitrogen and oxygen atoms in total. The average molecular weight is 365 g/mol. The van der Waals surface area contributed by atoms with Crippen LogP contribution in [0.3, 0.4) is 0 Å². The molecule has 0 saturated heterocycles. The van der Waals surface area contributed by atoms with Crippen LogP contribution in [0.5, 0.6) is 0 Å². The smallest absolute Gasteiger partial charge is 0.315 e. The minimum Gasteiger partial charge on any atom is -0.466 e. The average Bonchev–Trinajstić information content (AvgIpc) is 2.55. The number of unbranched alkanes of at least 4 members (excludes halogenated alkanes) is 4. The van der Waals surface area contributed by atoms with Crippen molar-refractivity contribution >= 4 is 12.0 Å². The minimum atomic E-state index is -0.214. The van der Waals surface area contributed by atoms with E-state index in [4.69, 9.17) is 10.5 Å². The Balaban J connectivity index is 1.40. The monoisotopic (exact) mass is 364 g/mol. The van der Waals surface area contributed by atoms with Crippen LogP contribution >= 0.6 is 0 Å². The van der Waals surface area contributed by atoms with Crippen LogP contribution in [0, 0.1) is 17.8 Å². The first kappa shape index (κ1) is 19.5. The quantitative estimate of drug-likeness (QED) is 0.465. The van der Waals surface area contributed by atoms with E-state index in [-0.39, 0.29) is 17.5 Å². The third kappa shape index (κ3) is 4.52. The highest BCUT2D eigenvalue weighted by Crippen LogP contribution is 2.57. The summed E-state index contributed by atoms with van der Waals surface area (Å²) in [5.74, 6) is 2.39. The lowest BCUT2D eigenvalue weighted by Crippen LogP contribution is -2.62. The van der Waals surface area contributed by atoms with Gasteiger partial charge in [0.05, 0.1) is 6.61 Å². The predicted octanol–water partition coefficient (Wildman–Crippen LogP) is 4.24. The number of urea groups is 1. The number of rotatable bonds is 10. The van der Waals surface area contributed by atoms with Crippen LogP contribution in [-0.4, -0.2) is 35.6 Å². The second-order valence-electron chi connectivity index (χ2n) is 8.95. The summed E-state index contributed by atoms with van der Waals surface area (Å²) in [6, 6.07) is -0.214. The highest BCUT2D eigenvalue weighted by atomic mass is 16.5. The van der Waals surface area contributed by atoms with Crippen LogP contribution in [0.25, 0.3) is 0 Å². The molecule has 26 heavy (non-hydrogen) atoms. The van der Waals surface area contributed by atoms with Crippen molar-refractivity contribution < 1.29 is 14.3 Å². The molecule has 0 unspecified atom stereocenters. The molecule has 0 aromatic rings. The summed E-state index contributed by atoms with van der Waals surface area (Å²) in [4.78, 5) is 25.6. The maximum absolute atomic E-state index is 12.2. The Labute approximate surface area is 158 Å².